The molecular weight excluding hydrogens is 455 g/mol. The molecule has 0 radical (unpaired) electrons. The Labute approximate surface area is 179 Å². The molecule has 3 unspecified atom stereocenters. The Bertz CT molecular complexity index is 874. The summed E-state index contributed by atoms with van der Waals surface area (Å²) in [6.45, 7) is -0.308. The molecule has 1 fully saturated rings. The number of benzene rings is 2. The number of hydrogen-bond acceptors (Lipinski definition) is 2. The maximum absolute atomic E-state index is 13.6. The lowest BCUT2D eigenvalue weighted by Gasteiger charge is -2.18. The lowest BCUT2D eigenvalue weighted by Crippen LogP contribution is -2.35. The third kappa shape index (κ3) is 3.94. The summed E-state index contributed by atoms with van der Waals surface area (Å²) in [5, 5.41) is -4.32. The molecule has 0 N–H and O–H groups in total. The minimum atomic E-state index is -4.32. The Morgan fingerprint density at radius 3 is 2.00 bits per heavy atom. The van der Waals surface area contributed by atoms with Crippen LogP contribution in [-0.2, 0) is 22.6 Å². The first-order chi connectivity index (χ1) is 13.5. The van der Waals surface area contributed by atoms with E-state index in [1.807, 2.05) is 42.5 Å². The number of carbonyl (C=O) groups excluding carboxylic acids is 1. The molecule has 0 saturated heterocycles. The smallest absolute Gasteiger partial charge is 0.343 e. The fraction of sp³-hybridized carbons (Fsp3) is 0.350. The molecular formula is C20H15Cl3F4O2. The Hall–Kier alpha value is -1.50. The van der Waals surface area contributed by atoms with Gasteiger partial charge in [-0.25, -0.2) is 8.78 Å². The van der Waals surface area contributed by atoms with Crippen LogP contribution < -0.4 is 0 Å². The number of alkyl halides is 7. The van der Waals surface area contributed by atoms with Crippen molar-refractivity contribution in [2.45, 2.75) is 34.6 Å². The molecule has 29 heavy (non-hydrogen) atoms. The molecule has 2 nitrogen and oxygen atoms in total. The van der Waals surface area contributed by atoms with E-state index in [4.69, 9.17) is 39.5 Å². The summed E-state index contributed by atoms with van der Waals surface area (Å²) in [6.07, 6.45) is -2.80. The summed E-state index contributed by atoms with van der Waals surface area (Å²) in [5.41, 5.74) is 2.67. The van der Waals surface area contributed by atoms with Crippen molar-refractivity contribution < 1.29 is 27.1 Å². The van der Waals surface area contributed by atoms with Gasteiger partial charge in [0.25, 0.3) is 6.43 Å². The summed E-state index contributed by atoms with van der Waals surface area (Å²) < 4.78 is 58.4. The Morgan fingerprint density at radius 2 is 1.52 bits per heavy atom. The van der Waals surface area contributed by atoms with Gasteiger partial charge in [0, 0.05) is 0 Å². The average molecular weight is 470 g/mol. The van der Waals surface area contributed by atoms with E-state index in [1.165, 1.54) is 0 Å². The van der Waals surface area contributed by atoms with Crippen molar-refractivity contribution in [3.8, 4) is 0 Å². The van der Waals surface area contributed by atoms with E-state index in [0.717, 1.165) is 11.1 Å². The molecule has 0 aromatic heterocycles. The molecule has 2 aromatic rings. The van der Waals surface area contributed by atoms with Crippen molar-refractivity contribution in [1.82, 2.24) is 0 Å². The average Bonchev–Trinajstić information content (AvgIpc) is 3.21. The van der Waals surface area contributed by atoms with Gasteiger partial charge in [0.2, 0.25) is 0 Å². The number of esters is 1. The quantitative estimate of drug-likeness (QED) is 0.282. The highest BCUT2D eigenvalue weighted by molar-refractivity contribution is 6.47. The van der Waals surface area contributed by atoms with Crippen molar-refractivity contribution in [2.75, 3.05) is 0 Å². The lowest BCUT2D eigenvalue weighted by molar-refractivity contribution is -0.148. The molecule has 0 aliphatic heterocycles. The second kappa shape index (κ2) is 7.97. The van der Waals surface area contributed by atoms with Gasteiger partial charge in [-0.2, -0.15) is 8.78 Å². The second-order valence-corrected chi connectivity index (χ2v) is 8.49. The Morgan fingerprint density at radius 1 is 1.00 bits per heavy atom. The fourth-order valence-electron chi connectivity index (χ4n) is 3.25. The van der Waals surface area contributed by atoms with Crippen LogP contribution in [0.15, 0.2) is 54.6 Å². The van der Waals surface area contributed by atoms with Gasteiger partial charge < -0.3 is 4.74 Å². The highest BCUT2D eigenvalue weighted by atomic mass is 35.5. The van der Waals surface area contributed by atoms with Crippen LogP contribution in [0.5, 0.6) is 0 Å². The topological polar surface area (TPSA) is 26.3 Å². The van der Waals surface area contributed by atoms with Crippen molar-refractivity contribution >= 4 is 40.8 Å². The van der Waals surface area contributed by atoms with E-state index in [1.54, 1.807) is 12.1 Å². The molecule has 0 heterocycles. The maximum Gasteiger partial charge on any atom is 0.343 e. The molecule has 1 aliphatic carbocycles. The zero-order valence-corrected chi connectivity index (χ0v) is 17.0. The van der Waals surface area contributed by atoms with Crippen LogP contribution in [0.1, 0.15) is 16.7 Å². The highest BCUT2D eigenvalue weighted by Crippen LogP contribution is 2.73. The van der Waals surface area contributed by atoms with Gasteiger partial charge in [0.1, 0.15) is 17.4 Å². The van der Waals surface area contributed by atoms with E-state index in [2.05, 4.69) is 0 Å². The van der Waals surface area contributed by atoms with Crippen molar-refractivity contribution in [1.29, 1.82) is 0 Å². The van der Waals surface area contributed by atoms with E-state index >= 15 is 0 Å². The molecule has 3 rings (SSSR count). The van der Waals surface area contributed by atoms with Crippen LogP contribution in [0.4, 0.5) is 17.6 Å². The Kier molecular flexibility index (Phi) is 6.10. The first kappa shape index (κ1) is 22.2. The number of carbonyl (C=O) groups is 1. The second-order valence-electron chi connectivity index (χ2n) is 6.80. The first-order valence-electron chi connectivity index (χ1n) is 8.53. The van der Waals surface area contributed by atoms with Gasteiger partial charge in [-0.15, -0.1) is 23.2 Å². The van der Waals surface area contributed by atoms with E-state index in [-0.39, 0.29) is 6.61 Å². The van der Waals surface area contributed by atoms with Crippen LogP contribution in [-0.4, -0.2) is 27.5 Å². The monoisotopic (exact) mass is 468 g/mol. The summed E-state index contributed by atoms with van der Waals surface area (Å²) in [6, 6.07) is 16.7. The van der Waals surface area contributed by atoms with E-state index in [0.29, 0.717) is 12.0 Å². The SMILES string of the molecule is O=C(OCc1ccc(Cc2ccccc2)cc1)C1C(Cl)(C(F)F)C1(Cl)C(F)(F)Cl. The van der Waals surface area contributed by atoms with Gasteiger partial charge in [-0.3, -0.25) is 4.79 Å². The summed E-state index contributed by atoms with van der Waals surface area (Å²) in [4.78, 5) is 6.02. The summed E-state index contributed by atoms with van der Waals surface area (Å²) in [7, 11) is 0. The van der Waals surface area contributed by atoms with Crippen LogP contribution in [0, 0.1) is 5.92 Å². The van der Waals surface area contributed by atoms with Gasteiger partial charge in [0.05, 0.1) is 0 Å². The first-order valence-corrected chi connectivity index (χ1v) is 9.66. The molecule has 9 heteroatoms. The zero-order chi connectivity index (χ0) is 21.4. The minimum Gasteiger partial charge on any atom is -0.460 e. The molecule has 0 amide bonds. The van der Waals surface area contributed by atoms with Gasteiger partial charge in [-0.1, -0.05) is 54.6 Å². The normalized spacial score (nSPS) is 26.4. The minimum absolute atomic E-state index is 0.308. The van der Waals surface area contributed by atoms with Crippen LogP contribution in [0.2, 0.25) is 0 Å². The lowest BCUT2D eigenvalue weighted by atomic mass is 10.0. The number of ether oxygens (including phenoxy) is 1. The van der Waals surface area contributed by atoms with Crippen molar-refractivity contribution in [3.63, 3.8) is 0 Å². The summed E-state index contributed by atoms with van der Waals surface area (Å²) >= 11 is 16.0. The molecule has 0 bridgehead atoms. The molecule has 1 saturated carbocycles. The number of rotatable bonds is 7. The zero-order valence-electron chi connectivity index (χ0n) is 14.7. The molecule has 3 atom stereocenters. The predicted octanol–water partition coefficient (Wildman–Crippen LogP) is 6.00. The van der Waals surface area contributed by atoms with Crippen molar-refractivity contribution in [3.05, 3.63) is 71.3 Å². The van der Waals surface area contributed by atoms with Crippen molar-refractivity contribution in [2.24, 2.45) is 5.92 Å². The summed E-state index contributed by atoms with van der Waals surface area (Å²) in [5.74, 6) is -3.51. The molecule has 0 spiro atoms. The third-order valence-electron chi connectivity index (χ3n) is 4.91. The van der Waals surface area contributed by atoms with Gasteiger partial charge >= 0.3 is 11.4 Å². The third-order valence-corrected chi connectivity index (χ3v) is 6.85. The number of hydrogen-bond donors (Lipinski definition) is 0. The van der Waals surface area contributed by atoms with Gasteiger partial charge in [-0.05, 0) is 34.7 Å². The maximum atomic E-state index is 13.6. The largest absolute Gasteiger partial charge is 0.460 e. The predicted molar refractivity (Wildman–Crippen MR) is 103 cm³/mol. The fourth-order valence-corrected chi connectivity index (χ4v) is 4.44. The number of halogens is 7. The molecule has 156 valence electrons. The molecule has 2 aromatic carbocycles. The Balaban J connectivity index is 1.63. The van der Waals surface area contributed by atoms with Gasteiger partial charge in [0.15, 0.2) is 4.87 Å². The standard InChI is InChI=1S/C20H15Cl3F4O2/c21-18(17(24)25)15(19(18,22)20(23,26)27)16(28)29-11-14-8-6-13(7-9-14)10-12-4-2-1-3-5-12/h1-9,15,17H,10-11H2. The van der Waals surface area contributed by atoms with Crippen LogP contribution in [0.25, 0.3) is 0 Å². The van der Waals surface area contributed by atoms with E-state index in [9.17, 15) is 22.4 Å². The van der Waals surface area contributed by atoms with Crippen LogP contribution >= 0.6 is 34.8 Å². The van der Waals surface area contributed by atoms with Crippen LogP contribution in [0.3, 0.4) is 0 Å². The van der Waals surface area contributed by atoms with E-state index < -0.39 is 33.4 Å². The highest BCUT2D eigenvalue weighted by Gasteiger charge is 2.92. The molecule has 1 aliphatic rings.